The lowest BCUT2D eigenvalue weighted by Crippen LogP contribution is -2.68. The lowest BCUT2D eigenvalue weighted by atomic mass is 9.55. The zero-order valence-electron chi connectivity index (χ0n) is 11.0. The number of likely N-dealkylation sites (N-methyl/N-ethyl adjacent to an activating group) is 1. The van der Waals surface area contributed by atoms with Gasteiger partial charge in [0.1, 0.15) is 0 Å². The van der Waals surface area contributed by atoms with E-state index < -0.39 is 0 Å². The average molecular weight is 214 g/mol. The molecule has 1 rings (SSSR count). The Morgan fingerprint density at radius 1 is 1.47 bits per heavy atom. The van der Waals surface area contributed by atoms with Gasteiger partial charge in [-0.15, -0.1) is 0 Å². The number of nitrogens with zero attached hydrogens (tertiary/aromatic N) is 1. The molecular weight excluding hydrogens is 188 g/mol. The van der Waals surface area contributed by atoms with Crippen molar-refractivity contribution in [3.05, 3.63) is 0 Å². The molecule has 0 radical (unpaired) electrons. The molecule has 2 N–H and O–H groups in total. The fourth-order valence-electron chi connectivity index (χ4n) is 2.74. The normalized spacial score (nSPS) is 36.4. The molecule has 0 aromatic rings. The molecule has 1 aliphatic carbocycles. The molecular formula is C12H26N2O. The first-order chi connectivity index (χ1) is 6.74. The highest BCUT2D eigenvalue weighted by Gasteiger charge is 2.58. The highest BCUT2D eigenvalue weighted by Crippen LogP contribution is 2.53. The van der Waals surface area contributed by atoms with Gasteiger partial charge in [0.15, 0.2) is 0 Å². The molecule has 0 aromatic carbocycles. The summed E-state index contributed by atoms with van der Waals surface area (Å²) in [6.07, 6.45) is 1.10. The van der Waals surface area contributed by atoms with Crippen LogP contribution in [-0.4, -0.2) is 43.3 Å². The SMILES string of the molecule is COC1(C)CC(N(C)CC(C)N)C1(C)C. The Labute approximate surface area is 94.0 Å². The van der Waals surface area contributed by atoms with Crippen molar-refractivity contribution in [3.63, 3.8) is 0 Å². The molecule has 3 unspecified atom stereocenters. The predicted octanol–water partition coefficient (Wildman–Crippen LogP) is 1.47. The Balaban J connectivity index is 2.62. The molecule has 0 amide bonds. The van der Waals surface area contributed by atoms with Gasteiger partial charge in [0.25, 0.3) is 0 Å². The first-order valence-electron chi connectivity index (χ1n) is 5.75. The third-order valence-corrected chi connectivity index (χ3v) is 4.34. The lowest BCUT2D eigenvalue weighted by Gasteiger charge is -2.61. The molecule has 0 aliphatic heterocycles. The Morgan fingerprint density at radius 2 is 2.00 bits per heavy atom. The summed E-state index contributed by atoms with van der Waals surface area (Å²) in [5.41, 5.74) is 6.04. The zero-order valence-corrected chi connectivity index (χ0v) is 11.0. The molecule has 3 nitrogen and oxygen atoms in total. The van der Waals surface area contributed by atoms with Crippen LogP contribution in [0.5, 0.6) is 0 Å². The molecule has 1 aliphatic rings. The molecule has 1 saturated carbocycles. The van der Waals surface area contributed by atoms with E-state index in [2.05, 4.69) is 39.6 Å². The minimum Gasteiger partial charge on any atom is -0.378 e. The minimum atomic E-state index is 0.0176. The maximum atomic E-state index is 5.83. The van der Waals surface area contributed by atoms with E-state index in [4.69, 9.17) is 10.5 Å². The van der Waals surface area contributed by atoms with Gasteiger partial charge in [0, 0.05) is 31.2 Å². The summed E-state index contributed by atoms with van der Waals surface area (Å²) in [7, 11) is 3.97. The smallest absolute Gasteiger partial charge is 0.0731 e. The minimum absolute atomic E-state index is 0.0176. The van der Waals surface area contributed by atoms with E-state index in [9.17, 15) is 0 Å². The van der Waals surface area contributed by atoms with Gasteiger partial charge >= 0.3 is 0 Å². The maximum Gasteiger partial charge on any atom is 0.0731 e. The van der Waals surface area contributed by atoms with Gasteiger partial charge in [0.2, 0.25) is 0 Å². The second-order valence-electron chi connectivity index (χ2n) is 5.79. The van der Waals surface area contributed by atoms with Gasteiger partial charge in [-0.3, -0.25) is 0 Å². The van der Waals surface area contributed by atoms with Gasteiger partial charge in [-0.05, 0) is 27.3 Å². The van der Waals surface area contributed by atoms with E-state index >= 15 is 0 Å². The Morgan fingerprint density at radius 3 is 2.33 bits per heavy atom. The monoisotopic (exact) mass is 214 g/mol. The fourth-order valence-corrected chi connectivity index (χ4v) is 2.74. The van der Waals surface area contributed by atoms with Crippen LogP contribution in [-0.2, 0) is 4.74 Å². The summed E-state index contributed by atoms with van der Waals surface area (Å²) < 4.78 is 5.62. The number of methoxy groups -OCH3 is 1. The van der Waals surface area contributed by atoms with Gasteiger partial charge < -0.3 is 15.4 Å². The van der Waals surface area contributed by atoms with E-state index in [0.717, 1.165) is 13.0 Å². The maximum absolute atomic E-state index is 5.83. The molecule has 0 bridgehead atoms. The van der Waals surface area contributed by atoms with Crippen LogP contribution in [0.4, 0.5) is 0 Å². The molecule has 0 aromatic heterocycles. The van der Waals surface area contributed by atoms with Crippen LogP contribution in [0.3, 0.4) is 0 Å². The van der Waals surface area contributed by atoms with Crippen LogP contribution in [0.15, 0.2) is 0 Å². The summed E-state index contributed by atoms with van der Waals surface area (Å²) in [4.78, 5) is 2.37. The molecule has 90 valence electrons. The summed E-state index contributed by atoms with van der Waals surface area (Å²) in [5.74, 6) is 0. The van der Waals surface area contributed by atoms with Crippen LogP contribution in [0, 0.1) is 5.41 Å². The van der Waals surface area contributed by atoms with E-state index in [-0.39, 0.29) is 17.1 Å². The Bertz CT molecular complexity index is 228. The first-order valence-corrected chi connectivity index (χ1v) is 5.75. The number of nitrogens with two attached hydrogens (primary N) is 1. The van der Waals surface area contributed by atoms with Crippen molar-refractivity contribution < 1.29 is 4.74 Å². The molecule has 3 heteroatoms. The molecule has 0 saturated heterocycles. The van der Waals surface area contributed by atoms with Crippen molar-refractivity contribution in [1.82, 2.24) is 4.90 Å². The summed E-state index contributed by atoms with van der Waals surface area (Å²) in [6.45, 7) is 9.76. The van der Waals surface area contributed by atoms with E-state index in [1.54, 1.807) is 0 Å². The molecule has 0 spiro atoms. The van der Waals surface area contributed by atoms with Gasteiger partial charge in [-0.25, -0.2) is 0 Å². The number of hydrogen-bond donors (Lipinski definition) is 1. The molecule has 0 heterocycles. The zero-order chi connectivity index (χ0) is 11.9. The topological polar surface area (TPSA) is 38.5 Å². The second kappa shape index (κ2) is 4.04. The molecule has 1 fully saturated rings. The predicted molar refractivity (Wildman–Crippen MR) is 63.9 cm³/mol. The number of rotatable bonds is 4. The average Bonchev–Trinajstić information content (AvgIpc) is 2.12. The van der Waals surface area contributed by atoms with Crippen molar-refractivity contribution in [1.29, 1.82) is 0 Å². The highest BCUT2D eigenvalue weighted by molar-refractivity contribution is 5.11. The summed E-state index contributed by atoms with van der Waals surface area (Å²) in [5, 5.41) is 0. The quantitative estimate of drug-likeness (QED) is 0.770. The van der Waals surface area contributed by atoms with Gasteiger partial charge in [0.05, 0.1) is 5.60 Å². The van der Waals surface area contributed by atoms with Crippen molar-refractivity contribution in [3.8, 4) is 0 Å². The number of ether oxygens (including phenoxy) is 1. The van der Waals surface area contributed by atoms with Crippen molar-refractivity contribution in [2.45, 2.75) is 51.8 Å². The van der Waals surface area contributed by atoms with Gasteiger partial charge in [-0.2, -0.15) is 0 Å². The molecule has 3 atom stereocenters. The van der Waals surface area contributed by atoms with Crippen LogP contribution in [0.2, 0.25) is 0 Å². The van der Waals surface area contributed by atoms with E-state index in [1.165, 1.54) is 0 Å². The Hall–Kier alpha value is -0.120. The van der Waals surface area contributed by atoms with Crippen molar-refractivity contribution in [2.24, 2.45) is 11.1 Å². The summed E-state index contributed by atoms with van der Waals surface area (Å²) in [6, 6.07) is 0.814. The lowest BCUT2D eigenvalue weighted by molar-refractivity contribution is -0.206. The van der Waals surface area contributed by atoms with Crippen LogP contribution in [0.25, 0.3) is 0 Å². The summed E-state index contributed by atoms with van der Waals surface area (Å²) >= 11 is 0. The first kappa shape index (κ1) is 12.9. The van der Waals surface area contributed by atoms with E-state index in [1.807, 2.05) is 7.11 Å². The van der Waals surface area contributed by atoms with Gasteiger partial charge in [-0.1, -0.05) is 13.8 Å². The standard InChI is InChI=1S/C12H26N2O/c1-9(13)8-14(5)10-7-12(4,15-6)11(10,2)3/h9-10H,7-8,13H2,1-6H3. The third-order valence-electron chi connectivity index (χ3n) is 4.34. The van der Waals surface area contributed by atoms with Crippen LogP contribution in [0.1, 0.15) is 34.1 Å². The Kier molecular flexibility index (Phi) is 3.49. The third kappa shape index (κ3) is 2.05. The van der Waals surface area contributed by atoms with Crippen LogP contribution >= 0.6 is 0 Å². The van der Waals surface area contributed by atoms with Crippen molar-refractivity contribution >= 4 is 0 Å². The molecule has 15 heavy (non-hydrogen) atoms. The largest absolute Gasteiger partial charge is 0.378 e. The fraction of sp³-hybridized carbons (Fsp3) is 1.00. The van der Waals surface area contributed by atoms with Crippen LogP contribution < -0.4 is 5.73 Å². The number of hydrogen-bond acceptors (Lipinski definition) is 3. The second-order valence-corrected chi connectivity index (χ2v) is 5.79. The van der Waals surface area contributed by atoms with E-state index in [0.29, 0.717) is 6.04 Å². The highest BCUT2D eigenvalue weighted by atomic mass is 16.5. The van der Waals surface area contributed by atoms with Crippen molar-refractivity contribution in [2.75, 3.05) is 20.7 Å².